The van der Waals surface area contributed by atoms with E-state index in [0.29, 0.717) is 4.99 Å². The predicted octanol–water partition coefficient (Wildman–Crippen LogP) is 1.15. The maximum Gasteiger partial charge on any atom is 0.0933 e. The van der Waals surface area contributed by atoms with Gasteiger partial charge in [0.25, 0.3) is 0 Å². The highest BCUT2D eigenvalue weighted by molar-refractivity contribution is 7.80. The summed E-state index contributed by atoms with van der Waals surface area (Å²) < 4.78 is 0. The van der Waals surface area contributed by atoms with E-state index in [1.165, 1.54) is 12.8 Å². The van der Waals surface area contributed by atoms with Gasteiger partial charge in [-0.15, -0.1) is 0 Å². The van der Waals surface area contributed by atoms with E-state index in [9.17, 15) is 0 Å². The van der Waals surface area contributed by atoms with Crippen LogP contribution < -0.4 is 5.73 Å². The zero-order chi connectivity index (χ0) is 8.48. The summed E-state index contributed by atoms with van der Waals surface area (Å²) in [6.07, 6.45) is 4.79. The van der Waals surface area contributed by atoms with Crippen LogP contribution in [-0.4, -0.2) is 29.5 Å². The Morgan fingerprint density at radius 2 is 1.82 bits per heavy atom. The van der Waals surface area contributed by atoms with E-state index in [1.54, 1.807) is 0 Å². The fraction of sp³-hybridized carbons (Fsp3) is 0.875. The summed E-state index contributed by atoms with van der Waals surface area (Å²) in [6, 6.07) is 0. The first-order valence-corrected chi connectivity index (χ1v) is 4.48. The minimum absolute atomic E-state index is 0.0370. The fourth-order valence-corrected chi connectivity index (χ4v) is 2.26. The molecule has 0 aromatic heterocycles. The highest BCUT2D eigenvalue weighted by atomic mass is 32.1. The average molecular weight is 172 g/mol. The van der Waals surface area contributed by atoms with Crippen LogP contribution in [0.2, 0.25) is 0 Å². The van der Waals surface area contributed by atoms with Crippen molar-refractivity contribution in [2.24, 2.45) is 5.73 Å². The van der Waals surface area contributed by atoms with Crippen molar-refractivity contribution >= 4 is 17.2 Å². The quantitative estimate of drug-likeness (QED) is 0.634. The highest BCUT2D eigenvalue weighted by Crippen LogP contribution is 2.33. The lowest BCUT2D eigenvalue weighted by Gasteiger charge is -2.35. The van der Waals surface area contributed by atoms with Crippen molar-refractivity contribution in [2.45, 2.75) is 31.2 Å². The van der Waals surface area contributed by atoms with Crippen molar-refractivity contribution < 1.29 is 0 Å². The zero-order valence-corrected chi connectivity index (χ0v) is 8.08. The van der Waals surface area contributed by atoms with E-state index in [4.69, 9.17) is 18.0 Å². The number of nitrogens with two attached hydrogens (primary N) is 1. The topological polar surface area (TPSA) is 29.3 Å². The van der Waals surface area contributed by atoms with Gasteiger partial charge in [0, 0.05) is 0 Å². The SMILES string of the molecule is CN(C)C1(C(N)=S)CCCC1. The lowest BCUT2D eigenvalue weighted by Crippen LogP contribution is -2.51. The Bertz CT molecular complexity index is 159. The molecular weight excluding hydrogens is 156 g/mol. The van der Waals surface area contributed by atoms with Gasteiger partial charge >= 0.3 is 0 Å². The predicted molar refractivity (Wildman–Crippen MR) is 51.7 cm³/mol. The first kappa shape index (κ1) is 8.94. The molecule has 0 atom stereocenters. The van der Waals surface area contributed by atoms with Gasteiger partial charge in [0.15, 0.2) is 0 Å². The second-order valence-corrected chi connectivity index (χ2v) is 3.94. The lowest BCUT2D eigenvalue weighted by atomic mass is 9.96. The largest absolute Gasteiger partial charge is 0.392 e. The van der Waals surface area contributed by atoms with Gasteiger partial charge in [0.05, 0.1) is 10.5 Å². The maximum absolute atomic E-state index is 5.72. The molecule has 0 heterocycles. The smallest absolute Gasteiger partial charge is 0.0933 e. The molecule has 1 saturated carbocycles. The Morgan fingerprint density at radius 3 is 2.00 bits per heavy atom. The summed E-state index contributed by atoms with van der Waals surface area (Å²) in [6.45, 7) is 0. The molecule has 1 aliphatic rings. The molecule has 0 bridgehead atoms. The number of hydrogen-bond acceptors (Lipinski definition) is 2. The third-order valence-electron chi connectivity index (χ3n) is 2.75. The third kappa shape index (κ3) is 1.40. The molecule has 1 aliphatic carbocycles. The number of hydrogen-bond donors (Lipinski definition) is 1. The summed E-state index contributed by atoms with van der Waals surface area (Å²) in [7, 11) is 4.12. The molecule has 0 aliphatic heterocycles. The molecule has 3 heteroatoms. The minimum atomic E-state index is 0.0370. The van der Waals surface area contributed by atoms with Crippen molar-refractivity contribution in [3.63, 3.8) is 0 Å². The highest BCUT2D eigenvalue weighted by Gasteiger charge is 2.38. The zero-order valence-electron chi connectivity index (χ0n) is 7.26. The van der Waals surface area contributed by atoms with Crippen LogP contribution in [0.1, 0.15) is 25.7 Å². The van der Waals surface area contributed by atoms with E-state index in [0.717, 1.165) is 12.8 Å². The Hall–Kier alpha value is -0.150. The second kappa shape index (κ2) is 3.07. The summed E-state index contributed by atoms with van der Waals surface area (Å²) >= 11 is 5.08. The Labute approximate surface area is 73.7 Å². The van der Waals surface area contributed by atoms with E-state index < -0.39 is 0 Å². The molecular formula is C8H16N2S. The molecule has 1 rings (SSSR count). The van der Waals surface area contributed by atoms with Gasteiger partial charge in [0.2, 0.25) is 0 Å². The van der Waals surface area contributed by atoms with Crippen LogP contribution in [0, 0.1) is 0 Å². The first-order valence-electron chi connectivity index (χ1n) is 4.07. The van der Waals surface area contributed by atoms with Gasteiger partial charge in [-0.25, -0.2) is 0 Å². The van der Waals surface area contributed by atoms with Crippen LogP contribution in [0.25, 0.3) is 0 Å². The molecule has 0 saturated heterocycles. The molecule has 64 valence electrons. The van der Waals surface area contributed by atoms with E-state index >= 15 is 0 Å². The van der Waals surface area contributed by atoms with Crippen LogP contribution in [-0.2, 0) is 0 Å². The summed E-state index contributed by atoms with van der Waals surface area (Å²) in [5.41, 5.74) is 5.76. The van der Waals surface area contributed by atoms with E-state index in [-0.39, 0.29) is 5.54 Å². The average Bonchev–Trinajstić information content (AvgIpc) is 2.34. The first-order chi connectivity index (χ1) is 5.09. The van der Waals surface area contributed by atoms with Crippen LogP contribution >= 0.6 is 12.2 Å². The maximum atomic E-state index is 5.72. The van der Waals surface area contributed by atoms with Crippen molar-refractivity contribution in [1.29, 1.82) is 0 Å². The van der Waals surface area contributed by atoms with Gasteiger partial charge < -0.3 is 5.73 Å². The Kier molecular flexibility index (Phi) is 2.50. The van der Waals surface area contributed by atoms with Crippen LogP contribution in [0.15, 0.2) is 0 Å². The minimum Gasteiger partial charge on any atom is -0.392 e. The van der Waals surface area contributed by atoms with Gasteiger partial charge in [-0.2, -0.15) is 0 Å². The van der Waals surface area contributed by atoms with Crippen molar-refractivity contribution in [1.82, 2.24) is 4.90 Å². The molecule has 0 unspecified atom stereocenters. The molecule has 0 aromatic carbocycles. The normalized spacial score (nSPS) is 22.5. The molecule has 0 spiro atoms. The van der Waals surface area contributed by atoms with Crippen LogP contribution in [0.5, 0.6) is 0 Å². The lowest BCUT2D eigenvalue weighted by molar-refractivity contribution is 0.237. The van der Waals surface area contributed by atoms with Gasteiger partial charge in [-0.05, 0) is 26.9 Å². The molecule has 2 N–H and O–H groups in total. The summed E-state index contributed by atoms with van der Waals surface area (Å²) in [4.78, 5) is 2.84. The monoisotopic (exact) mass is 172 g/mol. The van der Waals surface area contributed by atoms with Crippen LogP contribution in [0.4, 0.5) is 0 Å². The van der Waals surface area contributed by atoms with Gasteiger partial charge in [-0.1, -0.05) is 25.1 Å². The fourth-order valence-electron chi connectivity index (χ4n) is 1.87. The number of nitrogens with zero attached hydrogens (tertiary/aromatic N) is 1. The number of rotatable bonds is 2. The van der Waals surface area contributed by atoms with Crippen molar-refractivity contribution in [3.05, 3.63) is 0 Å². The van der Waals surface area contributed by atoms with Crippen LogP contribution in [0.3, 0.4) is 0 Å². The van der Waals surface area contributed by atoms with Gasteiger partial charge in [-0.3, -0.25) is 4.90 Å². The number of likely N-dealkylation sites (N-methyl/N-ethyl adjacent to an activating group) is 1. The molecule has 2 nitrogen and oxygen atoms in total. The van der Waals surface area contributed by atoms with Crippen molar-refractivity contribution in [3.8, 4) is 0 Å². The standard InChI is InChI=1S/C8H16N2S/c1-10(2)8(7(9)11)5-3-4-6-8/h3-6H2,1-2H3,(H2,9,11). The van der Waals surface area contributed by atoms with Gasteiger partial charge in [0.1, 0.15) is 0 Å². The Morgan fingerprint density at radius 1 is 1.36 bits per heavy atom. The van der Waals surface area contributed by atoms with Crippen molar-refractivity contribution in [2.75, 3.05) is 14.1 Å². The molecule has 1 fully saturated rings. The molecule has 0 amide bonds. The summed E-state index contributed by atoms with van der Waals surface area (Å²) in [5, 5.41) is 0. The van der Waals surface area contributed by atoms with E-state index in [2.05, 4.69) is 19.0 Å². The van der Waals surface area contributed by atoms with E-state index in [1.807, 2.05) is 0 Å². The second-order valence-electron chi connectivity index (χ2n) is 3.50. The molecule has 0 aromatic rings. The Balaban J connectivity index is 2.79. The summed E-state index contributed by atoms with van der Waals surface area (Å²) in [5.74, 6) is 0. The number of thiocarbonyl (C=S) groups is 1. The third-order valence-corrected chi connectivity index (χ3v) is 3.13. The molecule has 0 radical (unpaired) electrons. The molecule has 11 heavy (non-hydrogen) atoms.